The predicted octanol–water partition coefficient (Wildman–Crippen LogP) is 2.89. The van der Waals surface area contributed by atoms with Gasteiger partial charge in [0.25, 0.3) is 0 Å². The van der Waals surface area contributed by atoms with Gasteiger partial charge in [0.1, 0.15) is 23.6 Å². The predicted molar refractivity (Wildman–Crippen MR) is 81.8 cm³/mol. The number of rotatable bonds is 2. The van der Waals surface area contributed by atoms with Crippen LogP contribution in [0.4, 0.5) is 0 Å². The third-order valence-electron chi connectivity index (χ3n) is 4.21. The van der Waals surface area contributed by atoms with Crippen LogP contribution in [-0.2, 0) is 14.3 Å². The lowest BCUT2D eigenvalue weighted by Crippen LogP contribution is -2.27. The molecule has 22 heavy (non-hydrogen) atoms. The van der Waals surface area contributed by atoms with Crippen LogP contribution >= 0.6 is 11.6 Å². The number of aldehydes is 1. The molecule has 1 aliphatic heterocycles. The van der Waals surface area contributed by atoms with E-state index in [1.807, 2.05) is 38.3 Å². The van der Waals surface area contributed by atoms with Crippen LogP contribution in [0.15, 0.2) is 36.2 Å². The molecule has 0 saturated carbocycles. The van der Waals surface area contributed by atoms with Crippen molar-refractivity contribution in [2.45, 2.75) is 37.9 Å². The summed E-state index contributed by atoms with van der Waals surface area (Å²) in [7, 11) is 0. The molecule has 2 aromatic heterocycles. The van der Waals surface area contributed by atoms with Crippen LogP contribution < -0.4 is 0 Å². The van der Waals surface area contributed by atoms with E-state index in [0.717, 1.165) is 17.2 Å². The molecule has 0 radical (unpaired) electrons. The number of halogens is 1. The number of hydrogen-bond donors (Lipinski definition) is 0. The van der Waals surface area contributed by atoms with E-state index in [9.17, 15) is 4.79 Å². The topological polar surface area (TPSA) is 53.4 Å². The van der Waals surface area contributed by atoms with Crippen molar-refractivity contribution in [2.75, 3.05) is 0 Å². The Hall–Kier alpha value is -1.69. The van der Waals surface area contributed by atoms with Crippen molar-refractivity contribution in [1.82, 2.24) is 9.55 Å². The minimum atomic E-state index is -0.696. The maximum Gasteiger partial charge on any atom is 0.164 e. The lowest BCUT2D eigenvalue weighted by Gasteiger charge is -2.22. The second-order valence-corrected chi connectivity index (χ2v) is 6.41. The Balaban J connectivity index is 1.83. The third kappa shape index (κ3) is 1.93. The number of hydrogen-bond acceptors (Lipinski definition) is 4. The molecule has 3 atom stereocenters. The van der Waals surface area contributed by atoms with Gasteiger partial charge in [-0.1, -0.05) is 11.6 Å². The summed E-state index contributed by atoms with van der Waals surface area (Å²) in [6.45, 7) is 3.72. The molecule has 1 fully saturated rings. The molecule has 114 valence electrons. The first-order chi connectivity index (χ1) is 10.5. The summed E-state index contributed by atoms with van der Waals surface area (Å²) in [6.07, 6.45) is 5.82. The van der Waals surface area contributed by atoms with Gasteiger partial charge in [-0.3, -0.25) is 4.79 Å². The van der Waals surface area contributed by atoms with E-state index in [-0.39, 0.29) is 18.2 Å². The van der Waals surface area contributed by atoms with Gasteiger partial charge in [-0.15, -0.1) is 0 Å². The molecule has 0 bridgehead atoms. The molecule has 2 aliphatic rings. The Morgan fingerprint density at radius 1 is 1.36 bits per heavy atom. The number of carbonyl (C=O) groups excluding carboxylic acids is 1. The van der Waals surface area contributed by atoms with E-state index in [2.05, 4.69) is 9.55 Å². The highest BCUT2D eigenvalue weighted by Crippen LogP contribution is 2.43. The van der Waals surface area contributed by atoms with Crippen molar-refractivity contribution in [3.63, 3.8) is 0 Å². The third-order valence-corrected chi connectivity index (χ3v) is 4.51. The molecule has 2 aromatic rings. The smallest absolute Gasteiger partial charge is 0.164 e. The van der Waals surface area contributed by atoms with Gasteiger partial charge in [0.2, 0.25) is 0 Å². The zero-order valence-electron chi connectivity index (χ0n) is 12.2. The van der Waals surface area contributed by atoms with Crippen LogP contribution in [0.2, 0.25) is 5.15 Å². The van der Waals surface area contributed by atoms with E-state index in [1.54, 1.807) is 6.20 Å². The quantitative estimate of drug-likeness (QED) is 0.631. The summed E-state index contributed by atoms with van der Waals surface area (Å²) in [6, 6.07) is 3.72. The molecule has 0 spiro atoms. The van der Waals surface area contributed by atoms with Crippen LogP contribution in [0, 0.1) is 0 Å². The largest absolute Gasteiger partial charge is 0.342 e. The van der Waals surface area contributed by atoms with Crippen LogP contribution in [0.25, 0.3) is 10.9 Å². The standard InChI is InChI=1S/C16H15ClN2O3/c1-16(2)21-13-9(8-20)7-12(14(13)22-16)19-6-4-10-11(19)3-5-18-15(10)17/h3-8,12-14H,1-2H3/t12-,13-,14+/m1/s1. The number of carbonyl (C=O) groups is 1. The van der Waals surface area contributed by atoms with Gasteiger partial charge in [-0.05, 0) is 32.1 Å². The van der Waals surface area contributed by atoms with Gasteiger partial charge in [-0.2, -0.15) is 0 Å². The molecule has 0 unspecified atom stereocenters. The average Bonchev–Trinajstić information content (AvgIpc) is 3.10. The fourth-order valence-electron chi connectivity index (χ4n) is 3.34. The Morgan fingerprint density at radius 2 is 2.18 bits per heavy atom. The molecular weight excluding hydrogens is 304 g/mol. The Labute approximate surface area is 132 Å². The van der Waals surface area contributed by atoms with Crippen LogP contribution in [0.3, 0.4) is 0 Å². The van der Waals surface area contributed by atoms with Crippen LogP contribution in [0.1, 0.15) is 19.9 Å². The molecule has 3 heterocycles. The maximum atomic E-state index is 11.3. The molecule has 6 heteroatoms. The molecule has 0 aromatic carbocycles. The van der Waals surface area contributed by atoms with E-state index in [0.29, 0.717) is 10.7 Å². The fourth-order valence-corrected chi connectivity index (χ4v) is 3.56. The van der Waals surface area contributed by atoms with Crippen LogP contribution in [0.5, 0.6) is 0 Å². The highest BCUT2D eigenvalue weighted by atomic mass is 35.5. The first kappa shape index (κ1) is 13.9. The Bertz CT molecular complexity index is 796. The van der Waals surface area contributed by atoms with Crippen molar-refractivity contribution in [3.05, 3.63) is 41.3 Å². The van der Waals surface area contributed by atoms with Crippen molar-refractivity contribution in [1.29, 1.82) is 0 Å². The molecule has 0 amide bonds. The number of aromatic nitrogens is 2. The van der Waals surface area contributed by atoms with E-state index in [1.165, 1.54) is 0 Å². The first-order valence-electron chi connectivity index (χ1n) is 7.14. The number of nitrogens with zero attached hydrogens (tertiary/aromatic N) is 2. The van der Waals surface area contributed by atoms with Gasteiger partial charge >= 0.3 is 0 Å². The van der Waals surface area contributed by atoms with Gasteiger partial charge in [0.05, 0.1) is 11.6 Å². The van der Waals surface area contributed by atoms with Crippen molar-refractivity contribution < 1.29 is 14.3 Å². The van der Waals surface area contributed by atoms with Gasteiger partial charge in [0.15, 0.2) is 5.79 Å². The number of pyridine rings is 1. The average molecular weight is 319 g/mol. The van der Waals surface area contributed by atoms with Gasteiger partial charge < -0.3 is 14.0 Å². The number of fused-ring (bicyclic) bond motifs is 2. The Morgan fingerprint density at radius 3 is 2.95 bits per heavy atom. The highest BCUT2D eigenvalue weighted by molar-refractivity contribution is 6.34. The van der Waals surface area contributed by atoms with E-state index >= 15 is 0 Å². The monoisotopic (exact) mass is 318 g/mol. The highest BCUT2D eigenvalue weighted by Gasteiger charge is 2.50. The lowest BCUT2D eigenvalue weighted by molar-refractivity contribution is -0.148. The molecule has 0 N–H and O–H groups in total. The number of ether oxygens (including phenoxy) is 2. The van der Waals surface area contributed by atoms with Crippen molar-refractivity contribution in [2.24, 2.45) is 0 Å². The summed E-state index contributed by atoms with van der Waals surface area (Å²) in [5, 5.41) is 1.35. The normalized spacial score (nSPS) is 29.6. The zero-order valence-corrected chi connectivity index (χ0v) is 12.9. The molecule has 5 nitrogen and oxygen atoms in total. The summed E-state index contributed by atoms with van der Waals surface area (Å²) in [5.41, 5.74) is 1.59. The second kappa shape index (κ2) is 4.65. The van der Waals surface area contributed by atoms with Gasteiger partial charge in [-0.25, -0.2) is 4.98 Å². The lowest BCUT2D eigenvalue weighted by atomic mass is 10.1. The second-order valence-electron chi connectivity index (χ2n) is 6.05. The molecule has 1 saturated heterocycles. The fraction of sp³-hybridized carbons (Fsp3) is 0.375. The molecular formula is C16H15ClN2O3. The van der Waals surface area contributed by atoms with E-state index in [4.69, 9.17) is 21.1 Å². The zero-order chi connectivity index (χ0) is 15.5. The Kier molecular flexibility index (Phi) is 2.95. The molecule has 4 rings (SSSR count). The van der Waals surface area contributed by atoms with Gasteiger partial charge in [0, 0.05) is 23.4 Å². The maximum absolute atomic E-state index is 11.3. The summed E-state index contributed by atoms with van der Waals surface area (Å²) in [5.74, 6) is -0.696. The first-order valence-corrected chi connectivity index (χ1v) is 7.51. The SMILES string of the molecule is CC1(C)O[C@@H]2[C@H](O1)C(C=O)=C[C@H]2n1ccc2c(Cl)nccc21. The summed E-state index contributed by atoms with van der Waals surface area (Å²) in [4.78, 5) is 15.4. The summed E-state index contributed by atoms with van der Waals surface area (Å²) >= 11 is 6.14. The van der Waals surface area contributed by atoms with Crippen molar-refractivity contribution >= 4 is 28.8 Å². The summed E-state index contributed by atoms with van der Waals surface area (Å²) < 4.78 is 13.9. The molecule has 1 aliphatic carbocycles. The van der Waals surface area contributed by atoms with E-state index < -0.39 is 5.79 Å². The minimum absolute atomic E-state index is 0.108. The van der Waals surface area contributed by atoms with Crippen molar-refractivity contribution in [3.8, 4) is 0 Å². The van der Waals surface area contributed by atoms with Crippen LogP contribution in [-0.4, -0.2) is 33.8 Å². The minimum Gasteiger partial charge on any atom is -0.342 e.